The van der Waals surface area contributed by atoms with Gasteiger partial charge in [-0.2, -0.15) is 0 Å². The fourth-order valence-electron chi connectivity index (χ4n) is 0.867. The summed E-state index contributed by atoms with van der Waals surface area (Å²) >= 11 is 0. The highest BCUT2D eigenvalue weighted by Crippen LogP contribution is 2.02. The van der Waals surface area contributed by atoms with E-state index in [0.717, 1.165) is 0 Å². The smallest absolute Gasteiger partial charge is 0.153 e. The van der Waals surface area contributed by atoms with Crippen molar-refractivity contribution in [1.29, 1.82) is 0 Å². The van der Waals surface area contributed by atoms with Gasteiger partial charge in [-0.05, 0) is 27.8 Å². The second-order valence-corrected chi connectivity index (χ2v) is 6.60. The van der Waals surface area contributed by atoms with Crippen molar-refractivity contribution in [2.45, 2.75) is 32.1 Å². The molecule has 1 unspecified atom stereocenters. The van der Waals surface area contributed by atoms with Gasteiger partial charge in [-0.1, -0.05) is 0 Å². The van der Waals surface area contributed by atoms with Crippen molar-refractivity contribution in [3.8, 4) is 0 Å². The van der Waals surface area contributed by atoms with E-state index in [-0.39, 0.29) is 23.7 Å². The summed E-state index contributed by atoms with van der Waals surface area (Å²) in [6.07, 6.45) is 0. The molecular weight excluding hydrogens is 202 g/mol. The Morgan fingerprint density at radius 2 is 1.79 bits per heavy atom. The molecule has 5 heteroatoms. The third-order valence-electron chi connectivity index (χ3n) is 2.46. The van der Waals surface area contributed by atoms with E-state index in [2.05, 4.69) is 0 Å². The minimum absolute atomic E-state index is 0.0114. The quantitative estimate of drug-likeness (QED) is 0.695. The first-order valence-electron chi connectivity index (χ1n) is 4.84. The Kier molecular flexibility index (Phi) is 5.63. The molecule has 0 aliphatic heterocycles. The molecule has 0 heterocycles. The number of aliphatic hydroxyl groups is 1. The number of hydrogen-bond acceptors (Lipinski definition) is 4. The van der Waals surface area contributed by atoms with Gasteiger partial charge in [0.2, 0.25) is 0 Å². The topological polar surface area (TPSA) is 57.6 Å². The molecule has 0 aliphatic rings. The summed E-state index contributed by atoms with van der Waals surface area (Å²) in [5.41, 5.74) is 0. The second-order valence-electron chi connectivity index (χ2n) is 3.93. The van der Waals surface area contributed by atoms with E-state index in [4.69, 9.17) is 5.11 Å². The van der Waals surface area contributed by atoms with Gasteiger partial charge in [-0.3, -0.25) is 0 Å². The molecule has 1 N–H and O–H groups in total. The van der Waals surface area contributed by atoms with Gasteiger partial charge in [-0.15, -0.1) is 0 Å². The van der Waals surface area contributed by atoms with Crippen molar-refractivity contribution in [3.05, 3.63) is 0 Å². The monoisotopic (exact) mass is 223 g/mol. The lowest BCUT2D eigenvalue weighted by molar-refractivity contribution is 0.165. The Hall–Kier alpha value is -0.130. The first-order chi connectivity index (χ1) is 6.31. The number of hydrogen-bond donors (Lipinski definition) is 1. The molecule has 14 heavy (non-hydrogen) atoms. The molecule has 1 atom stereocenters. The molecule has 0 spiro atoms. The lowest BCUT2D eigenvalue weighted by Gasteiger charge is -2.22. The maximum atomic E-state index is 11.5. The molecule has 0 aromatic heterocycles. The minimum atomic E-state index is -2.96. The standard InChI is InChI=1S/C9H21NO3S/c1-8(2)14(12,13)6-5-10(4)9(3)7-11/h8-9,11H,5-7H2,1-4H3. The van der Waals surface area contributed by atoms with Crippen LogP contribution in [0.3, 0.4) is 0 Å². The van der Waals surface area contributed by atoms with E-state index in [1.807, 2.05) is 18.9 Å². The van der Waals surface area contributed by atoms with E-state index in [9.17, 15) is 8.42 Å². The summed E-state index contributed by atoms with van der Waals surface area (Å²) in [4.78, 5) is 1.85. The molecule has 0 aromatic rings. The van der Waals surface area contributed by atoms with Crippen LogP contribution in [0.4, 0.5) is 0 Å². The zero-order valence-corrected chi connectivity index (χ0v) is 10.2. The summed E-state index contributed by atoms with van der Waals surface area (Å²) in [7, 11) is -1.14. The minimum Gasteiger partial charge on any atom is -0.395 e. The lowest BCUT2D eigenvalue weighted by Crippen LogP contribution is -2.36. The maximum absolute atomic E-state index is 11.5. The van der Waals surface area contributed by atoms with E-state index in [1.165, 1.54) is 0 Å². The maximum Gasteiger partial charge on any atom is 0.153 e. The summed E-state index contributed by atoms with van der Waals surface area (Å²) in [6.45, 7) is 5.76. The van der Waals surface area contributed by atoms with Crippen molar-refractivity contribution >= 4 is 9.84 Å². The summed E-state index contributed by atoms with van der Waals surface area (Å²) in [5.74, 6) is 0.158. The molecule has 4 nitrogen and oxygen atoms in total. The van der Waals surface area contributed by atoms with Crippen molar-refractivity contribution in [3.63, 3.8) is 0 Å². The van der Waals surface area contributed by atoms with E-state index in [1.54, 1.807) is 13.8 Å². The first kappa shape index (κ1) is 13.9. The second kappa shape index (κ2) is 5.68. The molecule has 0 aromatic carbocycles. The summed E-state index contributed by atoms with van der Waals surface area (Å²) in [6, 6.07) is 0.0114. The van der Waals surface area contributed by atoms with Gasteiger partial charge in [0.15, 0.2) is 9.84 Å². The molecule has 0 radical (unpaired) electrons. The van der Waals surface area contributed by atoms with E-state index >= 15 is 0 Å². The van der Waals surface area contributed by atoms with Crippen LogP contribution >= 0.6 is 0 Å². The largest absolute Gasteiger partial charge is 0.395 e. The molecule has 0 amide bonds. The molecule has 0 fully saturated rings. The number of rotatable bonds is 6. The molecule has 0 aliphatic carbocycles. The number of nitrogens with zero attached hydrogens (tertiary/aromatic N) is 1. The number of likely N-dealkylation sites (N-methyl/N-ethyl adjacent to an activating group) is 1. The van der Waals surface area contributed by atoms with Crippen LogP contribution in [-0.4, -0.2) is 55.7 Å². The highest BCUT2D eigenvalue weighted by molar-refractivity contribution is 7.92. The van der Waals surface area contributed by atoms with Crippen molar-refractivity contribution in [2.75, 3.05) is 26.0 Å². The Morgan fingerprint density at radius 3 is 2.14 bits per heavy atom. The third kappa shape index (κ3) is 4.39. The molecular formula is C9H21NO3S. The van der Waals surface area contributed by atoms with Crippen molar-refractivity contribution in [2.24, 2.45) is 0 Å². The molecule has 0 rings (SSSR count). The van der Waals surface area contributed by atoms with Crippen LogP contribution < -0.4 is 0 Å². The normalized spacial score (nSPS) is 15.1. The molecule has 0 bridgehead atoms. The SMILES string of the molecule is CC(CO)N(C)CCS(=O)(=O)C(C)C. The van der Waals surface area contributed by atoms with Crippen LogP contribution in [0.25, 0.3) is 0 Å². The van der Waals surface area contributed by atoms with Gasteiger partial charge in [0.25, 0.3) is 0 Å². The van der Waals surface area contributed by atoms with Crippen LogP contribution in [0.15, 0.2) is 0 Å². The van der Waals surface area contributed by atoms with Gasteiger partial charge in [0.1, 0.15) is 0 Å². The van der Waals surface area contributed by atoms with Crippen LogP contribution in [0.5, 0.6) is 0 Å². The Labute approximate surface area is 86.8 Å². The lowest BCUT2D eigenvalue weighted by atomic mass is 10.3. The fraction of sp³-hybridized carbons (Fsp3) is 1.00. The van der Waals surface area contributed by atoms with Crippen LogP contribution in [0.2, 0.25) is 0 Å². The van der Waals surface area contributed by atoms with Gasteiger partial charge < -0.3 is 10.0 Å². The third-order valence-corrected chi connectivity index (χ3v) is 4.65. The van der Waals surface area contributed by atoms with Crippen molar-refractivity contribution < 1.29 is 13.5 Å². The van der Waals surface area contributed by atoms with Gasteiger partial charge in [0, 0.05) is 12.6 Å². The first-order valence-corrected chi connectivity index (χ1v) is 6.55. The zero-order valence-electron chi connectivity index (χ0n) is 9.40. The van der Waals surface area contributed by atoms with Crippen molar-refractivity contribution in [1.82, 2.24) is 4.90 Å². The van der Waals surface area contributed by atoms with E-state index < -0.39 is 9.84 Å². The average molecular weight is 223 g/mol. The van der Waals surface area contributed by atoms with Crippen LogP contribution in [0, 0.1) is 0 Å². The zero-order chi connectivity index (χ0) is 11.4. The molecule has 0 saturated heterocycles. The Morgan fingerprint density at radius 1 is 1.29 bits per heavy atom. The van der Waals surface area contributed by atoms with Crippen LogP contribution in [0.1, 0.15) is 20.8 Å². The summed E-state index contributed by atoms with van der Waals surface area (Å²) < 4.78 is 22.9. The van der Waals surface area contributed by atoms with Gasteiger partial charge >= 0.3 is 0 Å². The highest BCUT2D eigenvalue weighted by atomic mass is 32.2. The van der Waals surface area contributed by atoms with Gasteiger partial charge in [-0.25, -0.2) is 8.42 Å². The molecule has 86 valence electrons. The summed E-state index contributed by atoms with van der Waals surface area (Å²) in [5, 5.41) is 8.53. The highest BCUT2D eigenvalue weighted by Gasteiger charge is 2.17. The Bertz CT molecular complexity index is 249. The van der Waals surface area contributed by atoms with Gasteiger partial charge in [0.05, 0.1) is 17.6 Å². The predicted molar refractivity (Wildman–Crippen MR) is 58.1 cm³/mol. The Balaban J connectivity index is 4.07. The van der Waals surface area contributed by atoms with Crippen LogP contribution in [-0.2, 0) is 9.84 Å². The number of aliphatic hydroxyl groups excluding tert-OH is 1. The average Bonchev–Trinajstić information content (AvgIpc) is 2.12. The number of sulfone groups is 1. The fourth-order valence-corrected chi connectivity index (χ4v) is 1.88. The van der Waals surface area contributed by atoms with E-state index in [0.29, 0.717) is 6.54 Å². The predicted octanol–water partition coefficient (Wildman–Crippen LogP) is 0.122. The molecule has 0 saturated carbocycles.